The number of carbonyl (C=O) groups is 1. The van der Waals surface area contributed by atoms with Crippen molar-refractivity contribution < 1.29 is 4.79 Å². The predicted octanol–water partition coefficient (Wildman–Crippen LogP) is 3.68. The third kappa shape index (κ3) is 2.95. The molecule has 0 aliphatic carbocycles. The summed E-state index contributed by atoms with van der Waals surface area (Å²) in [4.78, 5) is 17.4. The predicted molar refractivity (Wildman–Crippen MR) is 89.7 cm³/mol. The molecule has 0 unspecified atom stereocenters. The summed E-state index contributed by atoms with van der Waals surface area (Å²) in [5.41, 5.74) is 2.04. The van der Waals surface area contributed by atoms with Gasteiger partial charge in [-0.15, -0.1) is 0 Å². The summed E-state index contributed by atoms with van der Waals surface area (Å²) in [7, 11) is 2.21. The summed E-state index contributed by atoms with van der Waals surface area (Å²) in [5, 5.41) is 0. The van der Waals surface area contributed by atoms with Crippen LogP contribution in [0.4, 0.5) is 0 Å². The number of benzene rings is 1. The van der Waals surface area contributed by atoms with Crippen molar-refractivity contribution in [2.45, 2.75) is 51.1 Å². The van der Waals surface area contributed by atoms with Crippen molar-refractivity contribution in [3.63, 3.8) is 0 Å². The fourth-order valence-electron chi connectivity index (χ4n) is 3.65. The van der Waals surface area contributed by atoms with Crippen LogP contribution in [0.5, 0.6) is 0 Å². The molecule has 1 saturated heterocycles. The van der Waals surface area contributed by atoms with Crippen molar-refractivity contribution in [1.82, 2.24) is 9.80 Å². The zero-order chi connectivity index (χ0) is 15.5. The van der Waals surface area contributed by atoms with Gasteiger partial charge in [0.05, 0.1) is 0 Å². The van der Waals surface area contributed by atoms with Crippen LogP contribution in [-0.4, -0.2) is 41.4 Å². The molecule has 2 heterocycles. The van der Waals surface area contributed by atoms with Crippen LogP contribution in [0.1, 0.15) is 49.4 Å². The van der Waals surface area contributed by atoms with Crippen molar-refractivity contribution in [3.05, 3.63) is 47.7 Å². The average molecular weight is 298 g/mol. The number of hydrogen-bond donors (Lipinski definition) is 0. The maximum Gasteiger partial charge on any atom is 0.257 e. The maximum absolute atomic E-state index is 12.9. The lowest BCUT2D eigenvalue weighted by atomic mass is 10.0. The maximum atomic E-state index is 12.9. The molecule has 0 aromatic heterocycles. The summed E-state index contributed by atoms with van der Waals surface area (Å²) in [6.45, 7) is 3.01. The zero-order valence-corrected chi connectivity index (χ0v) is 13.7. The normalized spacial score (nSPS) is 24.2. The topological polar surface area (TPSA) is 23.6 Å². The Morgan fingerprint density at radius 3 is 2.73 bits per heavy atom. The Kier molecular flexibility index (Phi) is 4.63. The first-order valence-electron chi connectivity index (χ1n) is 8.50. The van der Waals surface area contributed by atoms with Crippen molar-refractivity contribution in [3.8, 4) is 0 Å². The summed E-state index contributed by atoms with van der Waals surface area (Å²) in [6, 6.07) is 10.8. The minimum Gasteiger partial charge on any atom is -0.312 e. The largest absolute Gasteiger partial charge is 0.312 e. The second kappa shape index (κ2) is 6.66. The number of fused-ring (bicyclic) bond motifs is 2. The second-order valence-electron chi connectivity index (χ2n) is 6.50. The lowest BCUT2D eigenvalue weighted by molar-refractivity contribution is 0.0784. The highest BCUT2D eigenvalue weighted by atomic mass is 16.2. The highest BCUT2D eigenvalue weighted by Crippen LogP contribution is 2.35. The van der Waals surface area contributed by atoms with Crippen molar-refractivity contribution >= 4 is 5.91 Å². The molecule has 3 heteroatoms. The van der Waals surface area contributed by atoms with Crippen LogP contribution in [0, 0.1) is 0 Å². The summed E-state index contributed by atoms with van der Waals surface area (Å²) in [5.74, 6) is 0.157. The molecule has 1 aromatic carbocycles. The van der Waals surface area contributed by atoms with E-state index in [1.165, 1.54) is 18.5 Å². The van der Waals surface area contributed by atoms with E-state index in [1.807, 2.05) is 35.2 Å². The molecule has 2 aliphatic heterocycles. The quantitative estimate of drug-likeness (QED) is 0.828. The smallest absolute Gasteiger partial charge is 0.257 e. The van der Waals surface area contributed by atoms with Crippen LogP contribution < -0.4 is 0 Å². The minimum absolute atomic E-state index is 0.157. The van der Waals surface area contributed by atoms with Gasteiger partial charge in [0.15, 0.2) is 0 Å². The molecule has 2 aliphatic rings. The molecule has 0 radical (unpaired) electrons. The molecule has 118 valence electrons. The van der Waals surface area contributed by atoms with Crippen molar-refractivity contribution in [1.29, 1.82) is 0 Å². The number of likely N-dealkylation sites (N-methyl/N-ethyl adjacent to an activating group) is 1. The van der Waals surface area contributed by atoms with Crippen LogP contribution in [-0.2, 0) is 0 Å². The van der Waals surface area contributed by atoms with E-state index in [4.69, 9.17) is 0 Å². The van der Waals surface area contributed by atoms with Gasteiger partial charge >= 0.3 is 0 Å². The van der Waals surface area contributed by atoms with E-state index in [2.05, 4.69) is 24.9 Å². The monoisotopic (exact) mass is 298 g/mol. The van der Waals surface area contributed by atoms with E-state index in [9.17, 15) is 4.79 Å². The van der Waals surface area contributed by atoms with Gasteiger partial charge < -0.3 is 4.90 Å². The highest BCUT2D eigenvalue weighted by molar-refractivity contribution is 5.95. The van der Waals surface area contributed by atoms with E-state index in [0.717, 1.165) is 31.4 Å². The Bertz CT molecular complexity index is 552. The molecular formula is C19H26N2O. The first-order valence-corrected chi connectivity index (χ1v) is 8.50. The minimum atomic E-state index is 0.157. The Hall–Kier alpha value is -1.61. The molecule has 1 fully saturated rings. The summed E-state index contributed by atoms with van der Waals surface area (Å²) in [6.07, 6.45) is 7.99. The van der Waals surface area contributed by atoms with Crippen LogP contribution in [0.3, 0.4) is 0 Å². The van der Waals surface area contributed by atoms with E-state index in [1.54, 1.807) is 0 Å². The number of carbonyl (C=O) groups excluding carboxylic acids is 1. The SMILES string of the molecule is CCCCN(C(=O)c1ccccc1)C1=C[C@@H]2CC[C@H](C1)N2C. The van der Waals surface area contributed by atoms with Crippen LogP contribution in [0.2, 0.25) is 0 Å². The molecule has 0 N–H and O–H groups in total. The molecule has 2 bridgehead atoms. The Morgan fingerprint density at radius 1 is 1.27 bits per heavy atom. The van der Waals surface area contributed by atoms with E-state index < -0.39 is 0 Å². The van der Waals surface area contributed by atoms with Crippen LogP contribution in [0.15, 0.2) is 42.1 Å². The number of hydrogen-bond acceptors (Lipinski definition) is 2. The Labute approximate surface area is 133 Å². The lowest BCUT2D eigenvalue weighted by Crippen LogP contribution is -2.41. The van der Waals surface area contributed by atoms with Crippen molar-refractivity contribution in [2.24, 2.45) is 0 Å². The van der Waals surface area contributed by atoms with Gasteiger partial charge in [-0.05, 0) is 44.5 Å². The highest BCUT2D eigenvalue weighted by Gasteiger charge is 2.36. The van der Waals surface area contributed by atoms with Gasteiger partial charge in [0.25, 0.3) is 5.91 Å². The van der Waals surface area contributed by atoms with E-state index in [-0.39, 0.29) is 5.91 Å². The van der Waals surface area contributed by atoms with Crippen LogP contribution >= 0.6 is 0 Å². The number of rotatable bonds is 5. The molecule has 3 rings (SSSR count). The van der Waals surface area contributed by atoms with Gasteiger partial charge in [-0.2, -0.15) is 0 Å². The Morgan fingerprint density at radius 2 is 2.05 bits per heavy atom. The number of unbranched alkanes of at least 4 members (excludes halogenated alkanes) is 1. The van der Waals surface area contributed by atoms with Crippen LogP contribution in [0.25, 0.3) is 0 Å². The third-order valence-electron chi connectivity index (χ3n) is 5.07. The van der Waals surface area contributed by atoms with Gasteiger partial charge in [-0.3, -0.25) is 9.69 Å². The average Bonchev–Trinajstić information content (AvgIpc) is 2.77. The number of amides is 1. The summed E-state index contributed by atoms with van der Waals surface area (Å²) >= 11 is 0. The molecule has 1 amide bonds. The standard InChI is InChI=1S/C19H26N2O/c1-3-4-12-21(19(22)15-8-6-5-7-9-15)18-13-16-10-11-17(14-18)20(16)2/h5-9,13,16-17H,3-4,10-12,14H2,1-2H3/t16-,17+/m0/s1. The second-order valence-corrected chi connectivity index (χ2v) is 6.50. The molecule has 2 atom stereocenters. The molecule has 1 aromatic rings. The molecular weight excluding hydrogens is 272 g/mol. The van der Waals surface area contributed by atoms with Gasteiger partial charge in [0, 0.05) is 36.3 Å². The van der Waals surface area contributed by atoms with Gasteiger partial charge in [0.1, 0.15) is 0 Å². The van der Waals surface area contributed by atoms with E-state index in [0.29, 0.717) is 12.1 Å². The van der Waals surface area contributed by atoms with E-state index >= 15 is 0 Å². The Balaban J connectivity index is 1.84. The lowest BCUT2D eigenvalue weighted by Gasteiger charge is -2.35. The summed E-state index contributed by atoms with van der Waals surface area (Å²) < 4.78 is 0. The fourth-order valence-corrected chi connectivity index (χ4v) is 3.65. The zero-order valence-electron chi connectivity index (χ0n) is 13.7. The van der Waals surface area contributed by atoms with Gasteiger partial charge in [-0.1, -0.05) is 31.5 Å². The first kappa shape index (κ1) is 15.3. The molecule has 0 spiro atoms. The van der Waals surface area contributed by atoms with Gasteiger partial charge in [-0.25, -0.2) is 0 Å². The van der Waals surface area contributed by atoms with Gasteiger partial charge in [0.2, 0.25) is 0 Å². The third-order valence-corrected chi connectivity index (χ3v) is 5.07. The molecule has 22 heavy (non-hydrogen) atoms. The molecule has 0 saturated carbocycles. The fraction of sp³-hybridized carbons (Fsp3) is 0.526. The first-order chi connectivity index (χ1) is 10.7. The molecule has 3 nitrogen and oxygen atoms in total. The van der Waals surface area contributed by atoms with Crippen molar-refractivity contribution in [2.75, 3.05) is 13.6 Å². The number of nitrogens with zero attached hydrogens (tertiary/aromatic N) is 2.